The van der Waals surface area contributed by atoms with E-state index >= 15 is 0 Å². The van der Waals surface area contributed by atoms with E-state index in [1.54, 1.807) is 29.2 Å². The minimum absolute atomic E-state index is 0.298. The maximum Gasteiger partial charge on any atom is 0.318 e. The molecule has 1 aliphatic rings. The van der Waals surface area contributed by atoms with E-state index in [4.69, 9.17) is 16.7 Å². The highest BCUT2D eigenvalue weighted by molar-refractivity contribution is 6.31. The smallest absolute Gasteiger partial charge is 0.318 e. The monoisotopic (exact) mass is 390 g/mol. The lowest BCUT2D eigenvalue weighted by Gasteiger charge is -2.32. The maximum absolute atomic E-state index is 13.3. The molecule has 0 saturated carbocycles. The fraction of sp³-hybridized carbons (Fsp3) is 0.300. The van der Waals surface area contributed by atoms with E-state index in [1.165, 1.54) is 12.1 Å². The Labute approximate surface area is 161 Å². The number of amides is 2. The molecule has 0 radical (unpaired) electrons. The molecule has 2 N–H and O–H groups in total. The number of benzene rings is 2. The maximum atomic E-state index is 13.3. The Hall–Kier alpha value is -2.60. The number of urea groups is 1. The van der Waals surface area contributed by atoms with Crippen LogP contribution >= 0.6 is 11.6 Å². The molecule has 142 valence electrons. The van der Waals surface area contributed by atoms with Crippen molar-refractivity contribution in [1.29, 1.82) is 0 Å². The first-order chi connectivity index (χ1) is 13.0. The summed E-state index contributed by atoms with van der Waals surface area (Å²) in [6.07, 6.45) is 0.853. The van der Waals surface area contributed by atoms with Crippen LogP contribution < -0.4 is 5.32 Å². The Kier molecular flexibility index (Phi) is 5.96. The van der Waals surface area contributed by atoms with Crippen molar-refractivity contribution in [3.63, 3.8) is 0 Å². The quantitative estimate of drug-likeness (QED) is 0.826. The van der Waals surface area contributed by atoms with Crippen LogP contribution in [-0.2, 0) is 4.79 Å². The van der Waals surface area contributed by atoms with Crippen molar-refractivity contribution >= 4 is 23.6 Å². The zero-order chi connectivity index (χ0) is 19.4. The molecule has 7 heteroatoms. The van der Waals surface area contributed by atoms with E-state index in [-0.39, 0.29) is 11.8 Å². The molecular weight excluding hydrogens is 371 g/mol. The van der Waals surface area contributed by atoms with Gasteiger partial charge in [-0.3, -0.25) is 4.79 Å². The van der Waals surface area contributed by atoms with E-state index < -0.39 is 17.9 Å². The molecule has 1 fully saturated rings. The lowest BCUT2D eigenvalue weighted by atomic mass is 9.97. The van der Waals surface area contributed by atoms with Gasteiger partial charge in [-0.2, -0.15) is 0 Å². The van der Waals surface area contributed by atoms with Crippen LogP contribution in [0.5, 0.6) is 0 Å². The van der Waals surface area contributed by atoms with Crippen LogP contribution in [0.15, 0.2) is 48.5 Å². The van der Waals surface area contributed by atoms with Gasteiger partial charge < -0.3 is 15.3 Å². The lowest BCUT2D eigenvalue weighted by Crippen LogP contribution is -2.46. The van der Waals surface area contributed by atoms with Crippen molar-refractivity contribution in [3.05, 3.63) is 70.5 Å². The molecule has 1 heterocycles. The predicted molar refractivity (Wildman–Crippen MR) is 100 cm³/mol. The normalized spacial score (nSPS) is 16.0. The van der Waals surface area contributed by atoms with Crippen molar-refractivity contribution in [2.75, 3.05) is 13.1 Å². The highest BCUT2D eigenvalue weighted by Crippen LogP contribution is 2.29. The summed E-state index contributed by atoms with van der Waals surface area (Å²) in [7, 11) is 0. The van der Waals surface area contributed by atoms with Crippen molar-refractivity contribution in [2.24, 2.45) is 5.92 Å². The lowest BCUT2D eigenvalue weighted by molar-refractivity contribution is -0.143. The largest absolute Gasteiger partial charge is 0.481 e. The molecule has 1 saturated heterocycles. The van der Waals surface area contributed by atoms with E-state index in [0.717, 1.165) is 0 Å². The Balaban J connectivity index is 1.80. The third-order valence-corrected chi connectivity index (χ3v) is 5.16. The molecule has 0 aromatic heterocycles. The number of piperidine rings is 1. The molecule has 3 rings (SSSR count). The van der Waals surface area contributed by atoms with Crippen LogP contribution in [0, 0.1) is 11.7 Å². The van der Waals surface area contributed by atoms with E-state index in [2.05, 4.69) is 5.32 Å². The second-order valence-electron chi connectivity index (χ2n) is 6.56. The van der Waals surface area contributed by atoms with Gasteiger partial charge in [0.2, 0.25) is 0 Å². The van der Waals surface area contributed by atoms with Crippen molar-refractivity contribution in [3.8, 4) is 0 Å². The number of likely N-dealkylation sites (tertiary alicyclic amines) is 1. The predicted octanol–water partition coefficient (Wildman–Crippen LogP) is 4.07. The fourth-order valence-corrected chi connectivity index (χ4v) is 3.49. The van der Waals surface area contributed by atoms with Crippen LogP contribution in [0.2, 0.25) is 5.02 Å². The molecule has 2 aromatic carbocycles. The number of carboxylic acid groups (broad SMARTS) is 1. The standard InChI is InChI=1S/C20H20ClFN2O3/c21-17-4-2-1-3-16(17)18(13-5-7-15(22)8-6-13)23-20(27)24-11-9-14(10-12-24)19(25)26/h1-8,14,18H,9-12H2,(H,23,27)(H,25,26). The minimum Gasteiger partial charge on any atom is -0.481 e. The van der Waals surface area contributed by atoms with Gasteiger partial charge in [0.05, 0.1) is 12.0 Å². The number of carbonyl (C=O) groups is 2. The topological polar surface area (TPSA) is 69.6 Å². The summed E-state index contributed by atoms with van der Waals surface area (Å²) in [4.78, 5) is 25.4. The number of nitrogens with one attached hydrogen (secondary N) is 1. The molecule has 1 unspecified atom stereocenters. The molecule has 1 aliphatic heterocycles. The third-order valence-electron chi connectivity index (χ3n) is 4.82. The highest BCUT2D eigenvalue weighted by atomic mass is 35.5. The molecule has 0 aliphatic carbocycles. The Bertz CT molecular complexity index is 820. The number of hydrogen-bond acceptors (Lipinski definition) is 2. The molecule has 5 nitrogen and oxygen atoms in total. The van der Waals surface area contributed by atoms with Crippen LogP contribution in [-0.4, -0.2) is 35.1 Å². The van der Waals surface area contributed by atoms with Gasteiger partial charge in [0, 0.05) is 18.1 Å². The fourth-order valence-electron chi connectivity index (χ4n) is 3.25. The van der Waals surface area contributed by atoms with Gasteiger partial charge in [-0.05, 0) is 42.2 Å². The number of hydrogen-bond donors (Lipinski definition) is 2. The van der Waals surface area contributed by atoms with Crippen LogP contribution in [0.25, 0.3) is 0 Å². The molecule has 1 atom stereocenters. The highest BCUT2D eigenvalue weighted by Gasteiger charge is 2.29. The van der Waals surface area contributed by atoms with Gasteiger partial charge in [0.25, 0.3) is 0 Å². The van der Waals surface area contributed by atoms with Crippen LogP contribution in [0.1, 0.15) is 30.0 Å². The third kappa shape index (κ3) is 4.57. The number of carbonyl (C=O) groups excluding carboxylic acids is 1. The second kappa shape index (κ2) is 8.39. The summed E-state index contributed by atoms with van der Waals surface area (Å²) >= 11 is 6.32. The van der Waals surface area contributed by atoms with Gasteiger partial charge in [0.15, 0.2) is 0 Å². The number of aliphatic carboxylic acids is 1. The van der Waals surface area contributed by atoms with Gasteiger partial charge in [-0.25, -0.2) is 9.18 Å². The summed E-state index contributed by atoms with van der Waals surface area (Å²) in [5.41, 5.74) is 1.41. The second-order valence-corrected chi connectivity index (χ2v) is 6.96. The van der Waals surface area contributed by atoms with Crippen LogP contribution in [0.3, 0.4) is 0 Å². The van der Waals surface area contributed by atoms with Crippen molar-refractivity contribution < 1.29 is 19.1 Å². The van der Waals surface area contributed by atoms with Gasteiger partial charge >= 0.3 is 12.0 Å². The number of carboxylic acids is 1. The average Bonchev–Trinajstić information content (AvgIpc) is 2.67. The summed E-state index contributed by atoms with van der Waals surface area (Å²) in [5, 5.41) is 12.5. The number of nitrogens with zero attached hydrogens (tertiary/aromatic N) is 1. The number of halogens is 2. The van der Waals surface area contributed by atoms with E-state index in [1.807, 2.05) is 12.1 Å². The van der Waals surface area contributed by atoms with Crippen LogP contribution in [0.4, 0.5) is 9.18 Å². The Morgan fingerprint density at radius 3 is 2.33 bits per heavy atom. The summed E-state index contributed by atoms with van der Waals surface area (Å²) in [5.74, 6) is -1.60. The molecular formula is C20H20ClFN2O3. The van der Waals surface area contributed by atoms with E-state index in [9.17, 15) is 14.0 Å². The molecule has 2 amide bonds. The first-order valence-electron chi connectivity index (χ1n) is 8.74. The molecule has 0 spiro atoms. The zero-order valence-corrected chi connectivity index (χ0v) is 15.3. The summed E-state index contributed by atoms with van der Waals surface area (Å²) in [6.45, 7) is 0.753. The van der Waals surface area contributed by atoms with Gasteiger partial charge in [-0.15, -0.1) is 0 Å². The van der Waals surface area contributed by atoms with Crippen molar-refractivity contribution in [1.82, 2.24) is 10.2 Å². The number of rotatable bonds is 4. The molecule has 27 heavy (non-hydrogen) atoms. The first kappa shape index (κ1) is 19.2. The minimum atomic E-state index is -0.824. The van der Waals surface area contributed by atoms with Gasteiger partial charge in [0.1, 0.15) is 5.82 Å². The average molecular weight is 391 g/mol. The molecule has 0 bridgehead atoms. The van der Waals surface area contributed by atoms with E-state index in [0.29, 0.717) is 42.1 Å². The SMILES string of the molecule is O=C(O)C1CCN(C(=O)NC(c2ccc(F)cc2)c2ccccc2Cl)CC1. The Morgan fingerprint density at radius 1 is 1.11 bits per heavy atom. The zero-order valence-electron chi connectivity index (χ0n) is 14.6. The van der Waals surface area contributed by atoms with Crippen molar-refractivity contribution in [2.45, 2.75) is 18.9 Å². The summed E-state index contributed by atoms with van der Waals surface area (Å²) < 4.78 is 13.3. The first-order valence-corrected chi connectivity index (χ1v) is 9.11. The Morgan fingerprint density at radius 2 is 1.74 bits per heavy atom. The van der Waals surface area contributed by atoms with Gasteiger partial charge in [-0.1, -0.05) is 41.9 Å². The molecule has 2 aromatic rings. The summed E-state index contributed by atoms with van der Waals surface area (Å²) in [6, 6.07) is 12.2.